The maximum absolute atomic E-state index is 11.1. The molecule has 0 bridgehead atoms. The molecule has 0 aliphatic rings. The highest BCUT2D eigenvalue weighted by atomic mass is 79.9. The normalized spacial score (nSPS) is 10.0. The van der Waals surface area contributed by atoms with Gasteiger partial charge in [-0.2, -0.15) is 0 Å². The molecule has 0 aliphatic carbocycles. The lowest BCUT2D eigenvalue weighted by Gasteiger charge is -2.08. The molecule has 17 heavy (non-hydrogen) atoms. The standard InChI is InChI=1S/C14H12BrNO/c1-10(17)11-6-8-12(9-7-11)16-14-5-3-2-4-13(14)15/h2-9,16H,1H3. The first-order valence-corrected chi connectivity index (χ1v) is 6.08. The van der Waals surface area contributed by atoms with Gasteiger partial charge in [0.25, 0.3) is 0 Å². The Balaban J connectivity index is 2.20. The van der Waals surface area contributed by atoms with Crippen molar-refractivity contribution < 1.29 is 4.79 Å². The maximum atomic E-state index is 11.1. The first kappa shape index (κ1) is 11.9. The van der Waals surface area contributed by atoms with E-state index in [-0.39, 0.29) is 5.78 Å². The van der Waals surface area contributed by atoms with E-state index in [1.54, 1.807) is 6.92 Å². The first-order chi connectivity index (χ1) is 8.16. The zero-order valence-electron chi connectivity index (χ0n) is 9.41. The maximum Gasteiger partial charge on any atom is 0.159 e. The lowest BCUT2D eigenvalue weighted by molar-refractivity contribution is 0.101. The quantitative estimate of drug-likeness (QED) is 0.849. The number of ketones is 1. The van der Waals surface area contributed by atoms with Gasteiger partial charge in [-0.25, -0.2) is 0 Å². The molecule has 0 unspecified atom stereocenters. The smallest absolute Gasteiger partial charge is 0.159 e. The second kappa shape index (κ2) is 5.15. The number of para-hydroxylation sites is 1. The Kier molecular flexibility index (Phi) is 3.59. The van der Waals surface area contributed by atoms with Crippen molar-refractivity contribution in [3.63, 3.8) is 0 Å². The Morgan fingerprint density at radius 1 is 1.06 bits per heavy atom. The molecule has 1 N–H and O–H groups in total. The number of Topliss-reactive ketones (excluding diaryl/α,β-unsaturated/α-hetero) is 1. The molecule has 0 fully saturated rings. The van der Waals surface area contributed by atoms with Crippen molar-refractivity contribution in [1.82, 2.24) is 0 Å². The number of nitrogens with one attached hydrogen (secondary N) is 1. The summed E-state index contributed by atoms with van der Waals surface area (Å²) in [6, 6.07) is 15.3. The SMILES string of the molecule is CC(=O)c1ccc(Nc2ccccc2Br)cc1. The third kappa shape index (κ3) is 2.94. The summed E-state index contributed by atoms with van der Waals surface area (Å²) in [4.78, 5) is 11.1. The van der Waals surface area contributed by atoms with Crippen LogP contribution in [0.25, 0.3) is 0 Å². The van der Waals surface area contributed by atoms with E-state index in [1.807, 2.05) is 48.5 Å². The second-order valence-electron chi connectivity index (χ2n) is 3.74. The molecule has 0 amide bonds. The van der Waals surface area contributed by atoms with Crippen molar-refractivity contribution in [2.24, 2.45) is 0 Å². The van der Waals surface area contributed by atoms with Gasteiger partial charge in [0.1, 0.15) is 0 Å². The van der Waals surface area contributed by atoms with Crippen LogP contribution in [0.3, 0.4) is 0 Å². The Morgan fingerprint density at radius 3 is 2.29 bits per heavy atom. The minimum atomic E-state index is 0.0810. The highest BCUT2D eigenvalue weighted by Gasteiger charge is 2.01. The van der Waals surface area contributed by atoms with E-state index in [0.717, 1.165) is 21.4 Å². The Hall–Kier alpha value is -1.61. The number of rotatable bonds is 3. The summed E-state index contributed by atoms with van der Waals surface area (Å²) in [6.07, 6.45) is 0. The van der Waals surface area contributed by atoms with E-state index in [4.69, 9.17) is 0 Å². The summed E-state index contributed by atoms with van der Waals surface area (Å²) in [5.74, 6) is 0.0810. The molecule has 2 nitrogen and oxygen atoms in total. The molecule has 0 saturated carbocycles. The largest absolute Gasteiger partial charge is 0.355 e. The highest BCUT2D eigenvalue weighted by molar-refractivity contribution is 9.10. The lowest BCUT2D eigenvalue weighted by Crippen LogP contribution is -1.94. The van der Waals surface area contributed by atoms with Crippen molar-refractivity contribution in [2.75, 3.05) is 5.32 Å². The molecule has 86 valence electrons. The third-order valence-electron chi connectivity index (χ3n) is 2.44. The van der Waals surface area contributed by atoms with Gasteiger partial charge >= 0.3 is 0 Å². The van der Waals surface area contributed by atoms with Crippen molar-refractivity contribution in [1.29, 1.82) is 0 Å². The molecule has 0 atom stereocenters. The molecule has 0 heterocycles. The van der Waals surface area contributed by atoms with E-state index in [9.17, 15) is 4.79 Å². The number of carbonyl (C=O) groups excluding carboxylic acids is 1. The lowest BCUT2D eigenvalue weighted by atomic mass is 10.1. The van der Waals surface area contributed by atoms with Crippen LogP contribution in [0, 0.1) is 0 Å². The molecular formula is C14H12BrNO. The van der Waals surface area contributed by atoms with Gasteiger partial charge < -0.3 is 5.32 Å². The fourth-order valence-electron chi connectivity index (χ4n) is 1.51. The molecule has 3 heteroatoms. The molecule has 0 aromatic heterocycles. The van der Waals surface area contributed by atoms with Crippen molar-refractivity contribution in [2.45, 2.75) is 6.92 Å². The van der Waals surface area contributed by atoms with Gasteiger partial charge in [-0.05, 0) is 59.3 Å². The van der Waals surface area contributed by atoms with E-state index in [0.29, 0.717) is 0 Å². The fourth-order valence-corrected chi connectivity index (χ4v) is 1.89. The van der Waals surface area contributed by atoms with Gasteiger partial charge in [0.2, 0.25) is 0 Å². The van der Waals surface area contributed by atoms with Crippen LogP contribution in [0.1, 0.15) is 17.3 Å². The van der Waals surface area contributed by atoms with E-state index in [2.05, 4.69) is 21.2 Å². The molecule has 2 aromatic carbocycles. The van der Waals surface area contributed by atoms with Crippen LogP contribution in [0.4, 0.5) is 11.4 Å². The summed E-state index contributed by atoms with van der Waals surface area (Å²) in [7, 11) is 0. The molecule has 0 radical (unpaired) electrons. The number of benzene rings is 2. The Morgan fingerprint density at radius 2 is 1.71 bits per heavy atom. The summed E-state index contributed by atoms with van der Waals surface area (Å²) < 4.78 is 1.01. The van der Waals surface area contributed by atoms with Crippen LogP contribution in [-0.2, 0) is 0 Å². The first-order valence-electron chi connectivity index (χ1n) is 5.29. The zero-order chi connectivity index (χ0) is 12.3. The molecule has 2 aromatic rings. The molecule has 0 spiro atoms. The number of halogens is 1. The van der Waals surface area contributed by atoms with Crippen LogP contribution in [0.15, 0.2) is 53.0 Å². The van der Waals surface area contributed by atoms with Crippen LogP contribution in [-0.4, -0.2) is 5.78 Å². The average Bonchev–Trinajstić information content (AvgIpc) is 2.33. The molecule has 0 saturated heterocycles. The van der Waals surface area contributed by atoms with Crippen LogP contribution in [0.5, 0.6) is 0 Å². The van der Waals surface area contributed by atoms with E-state index in [1.165, 1.54) is 0 Å². The summed E-state index contributed by atoms with van der Waals surface area (Å²) in [6.45, 7) is 1.57. The average molecular weight is 290 g/mol. The molecular weight excluding hydrogens is 278 g/mol. The number of anilines is 2. The predicted octanol–water partition coefficient (Wildman–Crippen LogP) is 4.40. The monoisotopic (exact) mass is 289 g/mol. The minimum Gasteiger partial charge on any atom is -0.355 e. The van der Waals surface area contributed by atoms with Crippen LogP contribution in [0.2, 0.25) is 0 Å². The Bertz CT molecular complexity index is 534. The van der Waals surface area contributed by atoms with Crippen LogP contribution < -0.4 is 5.32 Å². The van der Waals surface area contributed by atoms with Crippen molar-refractivity contribution in [3.8, 4) is 0 Å². The highest BCUT2D eigenvalue weighted by Crippen LogP contribution is 2.25. The number of carbonyl (C=O) groups is 1. The van der Waals surface area contributed by atoms with E-state index < -0.39 is 0 Å². The minimum absolute atomic E-state index is 0.0810. The van der Waals surface area contributed by atoms with Gasteiger partial charge in [0.15, 0.2) is 5.78 Å². The van der Waals surface area contributed by atoms with Gasteiger partial charge in [-0.1, -0.05) is 12.1 Å². The van der Waals surface area contributed by atoms with Crippen molar-refractivity contribution in [3.05, 3.63) is 58.6 Å². The van der Waals surface area contributed by atoms with Crippen molar-refractivity contribution >= 4 is 33.1 Å². The fraction of sp³-hybridized carbons (Fsp3) is 0.0714. The zero-order valence-corrected chi connectivity index (χ0v) is 11.0. The topological polar surface area (TPSA) is 29.1 Å². The molecule has 0 aliphatic heterocycles. The summed E-state index contributed by atoms with van der Waals surface area (Å²) >= 11 is 3.47. The third-order valence-corrected chi connectivity index (χ3v) is 3.14. The van der Waals surface area contributed by atoms with Gasteiger partial charge in [-0.15, -0.1) is 0 Å². The summed E-state index contributed by atoms with van der Waals surface area (Å²) in [5.41, 5.74) is 2.69. The second-order valence-corrected chi connectivity index (χ2v) is 4.59. The number of hydrogen-bond donors (Lipinski definition) is 1. The number of hydrogen-bond acceptors (Lipinski definition) is 2. The summed E-state index contributed by atoms with van der Waals surface area (Å²) in [5, 5.41) is 3.28. The van der Waals surface area contributed by atoms with E-state index >= 15 is 0 Å². The Labute approximate surface area is 109 Å². The van der Waals surface area contributed by atoms with Gasteiger partial charge in [-0.3, -0.25) is 4.79 Å². The molecule has 2 rings (SSSR count). The predicted molar refractivity (Wildman–Crippen MR) is 73.9 cm³/mol. The van der Waals surface area contributed by atoms with Gasteiger partial charge in [0, 0.05) is 15.7 Å². The van der Waals surface area contributed by atoms with Gasteiger partial charge in [0.05, 0.1) is 5.69 Å². The van der Waals surface area contributed by atoms with Crippen LogP contribution >= 0.6 is 15.9 Å².